The van der Waals surface area contributed by atoms with Crippen molar-refractivity contribution in [2.24, 2.45) is 7.05 Å². The summed E-state index contributed by atoms with van der Waals surface area (Å²) >= 11 is 20.2. The zero-order chi connectivity index (χ0) is 24.5. The zero-order valence-corrected chi connectivity index (χ0v) is 21.2. The molecule has 0 radical (unpaired) electrons. The van der Waals surface area contributed by atoms with Crippen molar-refractivity contribution in [3.05, 3.63) is 68.5 Å². The molecular weight excluding hydrogens is 530 g/mol. The van der Waals surface area contributed by atoms with Gasteiger partial charge >= 0.3 is 6.18 Å². The van der Waals surface area contributed by atoms with Crippen molar-refractivity contribution in [2.45, 2.75) is 23.6 Å². The van der Waals surface area contributed by atoms with Gasteiger partial charge in [0.25, 0.3) is 0 Å². The van der Waals surface area contributed by atoms with Crippen molar-refractivity contribution < 1.29 is 13.2 Å². The van der Waals surface area contributed by atoms with Crippen LogP contribution in [0.1, 0.15) is 16.8 Å². The summed E-state index contributed by atoms with van der Waals surface area (Å²) in [5.74, 6) is 0.995. The lowest BCUT2D eigenvalue weighted by molar-refractivity contribution is -0.137. The van der Waals surface area contributed by atoms with E-state index in [1.807, 2.05) is 36.3 Å². The number of hydrogen-bond acceptors (Lipinski definition) is 5. The van der Waals surface area contributed by atoms with E-state index in [2.05, 4.69) is 19.4 Å². The highest BCUT2D eigenvalue weighted by molar-refractivity contribution is 7.98. The van der Waals surface area contributed by atoms with Crippen molar-refractivity contribution in [2.75, 3.05) is 31.1 Å². The number of thioether (sulfide) groups is 1. The number of benzene rings is 1. The third-order valence-corrected chi connectivity index (χ3v) is 7.71. The number of anilines is 1. The molecule has 1 aliphatic rings. The molecule has 0 amide bonds. The van der Waals surface area contributed by atoms with Gasteiger partial charge in [-0.15, -0.1) is 0 Å². The predicted molar refractivity (Wildman–Crippen MR) is 131 cm³/mol. The summed E-state index contributed by atoms with van der Waals surface area (Å²) in [7, 11) is 1.97. The minimum Gasteiger partial charge on any atom is -0.353 e. The summed E-state index contributed by atoms with van der Waals surface area (Å²) < 4.78 is 40.6. The van der Waals surface area contributed by atoms with Crippen LogP contribution in [0, 0.1) is 0 Å². The number of pyridine rings is 1. The molecule has 3 heterocycles. The maximum absolute atomic E-state index is 12.9. The van der Waals surface area contributed by atoms with Crippen LogP contribution in [0.15, 0.2) is 41.8 Å². The van der Waals surface area contributed by atoms with Crippen LogP contribution in [0.2, 0.25) is 15.1 Å². The summed E-state index contributed by atoms with van der Waals surface area (Å²) in [6.45, 7) is 3.38. The van der Waals surface area contributed by atoms with Gasteiger partial charge in [0.2, 0.25) is 0 Å². The number of nitrogens with zero attached hydrogens (tertiary/aromatic N) is 5. The van der Waals surface area contributed by atoms with E-state index in [0.717, 1.165) is 41.8 Å². The van der Waals surface area contributed by atoms with E-state index in [4.69, 9.17) is 34.8 Å². The lowest BCUT2D eigenvalue weighted by Crippen LogP contribution is -2.46. The zero-order valence-electron chi connectivity index (χ0n) is 18.1. The van der Waals surface area contributed by atoms with Crippen LogP contribution in [0.4, 0.5) is 19.0 Å². The third-order valence-electron chi connectivity index (χ3n) is 5.66. The van der Waals surface area contributed by atoms with E-state index >= 15 is 0 Å². The van der Waals surface area contributed by atoms with Crippen molar-refractivity contribution in [1.29, 1.82) is 0 Å². The van der Waals surface area contributed by atoms with Gasteiger partial charge in [0.05, 0.1) is 22.5 Å². The molecule has 1 aliphatic heterocycles. The van der Waals surface area contributed by atoms with Crippen LogP contribution < -0.4 is 4.90 Å². The molecular formula is C22H21Cl3F3N5S. The highest BCUT2D eigenvalue weighted by atomic mass is 35.5. The summed E-state index contributed by atoms with van der Waals surface area (Å²) in [6, 6.07) is 6.39. The largest absolute Gasteiger partial charge is 0.417 e. The minimum atomic E-state index is -4.46. The summed E-state index contributed by atoms with van der Waals surface area (Å²) in [6.07, 6.45) is -1.77. The first-order valence-corrected chi connectivity index (χ1v) is 12.5. The van der Waals surface area contributed by atoms with E-state index in [1.165, 1.54) is 0 Å². The second kappa shape index (κ2) is 10.5. The summed E-state index contributed by atoms with van der Waals surface area (Å²) in [5.41, 5.74) is 1.10. The molecule has 0 saturated carbocycles. The summed E-state index contributed by atoms with van der Waals surface area (Å²) in [5, 5.41) is 2.14. The Kier molecular flexibility index (Phi) is 7.89. The monoisotopic (exact) mass is 549 g/mol. The molecule has 4 rings (SSSR count). The molecule has 12 heteroatoms. The highest BCUT2D eigenvalue weighted by Gasteiger charge is 2.32. The quantitative estimate of drug-likeness (QED) is 0.332. The molecule has 0 N–H and O–H groups in total. The number of halogens is 6. The topological polar surface area (TPSA) is 37.2 Å². The van der Waals surface area contributed by atoms with Gasteiger partial charge < -0.3 is 9.47 Å². The molecule has 0 bridgehead atoms. The van der Waals surface area contributed by atoms with E-state index in [9.17, 15) is 13.2 Å². The SMILES string of the molecule is Cn1c(CN2CCN(c3ncc(C(F)(F)F)cc3Cl)CC2)cnc1SCc1c(Cl)cccc1Cl. The first-order valence-electron chi connectivity index (χ1n) is 10.4. The van der Waals surface area contributed by atoms with E-state index in [1.54, 1.807) is 11.8 Å². The molecule has 182 valence electrons. The Labute approximate surface area is 214 Å². The normalized spacial score (nSPS) is 15.2. The number of hydrogen-bond donors (Lipinski definition) is 0. The Hall–Kier alpha value is -1.65. The molecule has 2 aromatic heterocycles. The molecule has 1 aromatic carbocycles. The minimum absolute atomic E-state index is 0.00944. The average Bonchev–Trinajstić information content (AvgIpc) is 3.12. The highest BCUT2D eigenvalue weighted by Crippen LogP contribution is 2.34. The number of piperazine rings is 1. The first kappa shape index (κ1) is 25.4. The fourth-order valence-electron chi connectivity index (χ4n) is 3.68. The molecule has 0 aliphatic carbocycles. The van der Waals surface area contributed by atoms with E-state index in [0.29, 0.717) is 41.3 Å². The third kappa shape index (κ3) is 5.76. The molecule has 3 aromatic rings. The van der Waals surface area contributed by atoms with Crippen molar-refractivity contribution in [3.63, 3.8) is 0 Å². The standard InChI is InChI=1S/C22H21Cl3F3N5S/c1-31-15(11-30-21(31)34-13-16-17(23)3-2-4-18(16)24)12-32-5-7-33(8-6-32)20-19(25)9-14(10-29-20)22(26,27)28/h2-4,9-11H,5-8,12-13H2,1H3. The maximum Gasteiger partial charge on any atom is 0.417 e. The second-order valence-electron chi connectivity index (χ2n) is 7.87. The Bertz CT molecular complexity index is 1140. The van der Waals surface area contributed by atoms with E-state index < -0.39 is 11.7 Å². The molecule has 1 saturated heterocycles. The van der Waals surface area contributed by atoms with Gasteiger partial charge in [-0.25, -0.2) is 9.97 Å². The smallest absolute Gasteiger partial charge is 0.353 e. The van der Waals surface area contributed by atoms with Gasteiger partial charge in [-0.05, 0) is 23.8 Å². The number of rotatable bonds is 6. The Morgan fingerprint density at radius 3 is 2.26 bits per heavy atom. The second-order valence-corrected chi connectivity index (χ2v) is 10.0. The fourth-order valence-corrected chi connectivity index (χ4v) is 5.68. The fraction of sp³-hybridized carbons (Fsp3) is 0.364. The average molecular weight is 551 g/mol. The van der Waals surface area contributed by atoms with Crippen LogP contribution in [0.5, 0.6) is 0 Å². The molecule has 5 nitrogen and oxygen atoms in total. The lowest BCUT2D eigenvalue weighted by Gasteiger charge is -2.35. The van der Waals surface area contributed by atoms with Gasteiger partial charge in [-0.2, -0.15) is 13.2 Å². The van der Waals surface area contributed by atoms with Crippen molar-refractivity contribution >= 4 is 52.4 Å². The van der Waals surface area contributed by atoms with Crippen molar-refractivity contribution in [1.82, 2.24) is 19.4 Å². The molecule has 0 atom stereocenters. The molecule has 34 heavy (non-hydrogen) atoms. The lowest BCUT2D eigenvalue weighted by atomic mass is 10.2. The molecule has 1 fully saturated rings. The van der Waals surface area contributed by atoms with Gasteiger partial charge in [0.15, 0.2) is 5.16 Å². The first-order chi connectivity index (χ1) is 16.1. The van der Waals surface area contributed by atoms with Crippen LogP contribution in [-0.2, 0) is 25.5 Å². The predicted octanol–water partition coefficient (Wildman–Crippen LogP) is 6.41. The van der Waals surface area contributed by atoms with Crippen LogP contribution >= 0.6 is 46.6 Å². The van der Waals surface area contributed by atoms with Crippen molar-refractivity contribution in [3.8, 4) is 0 Å². The Morgan fingerprint density at radius 2 is 1.65 bits per heavy atom. The van der Waals surface area contributed by atoms with Gasteiger partial charge in [-0.1, -0.05) is 52.6 Å². The molecule has 0 spiro atoms. The maximum atomic E-state index is 12.9. The van der Waals surface area contributed by atoms with Gasteiger partial charge in [0.1, 0.15) is 5.82 Å². The van der Waals surface area contributed by atoms with E-state index in [-0.39, 0.29) is 5.02 Å². The Morgan fingerprint density at radius 1 is 0.971 bits per heavy atom. The van der Waals surface area contributed by atoms with Gasteiger partial charge in [0, 0.05) is 61.8 Å². The number of alkyl halides is 3. The Balaban J connectivity index is 1.34. The number of imidazole rings is 1. The van der Waals surface area contributed by atoms with Crippen LogP contribution in [0.25, 0.3) is 0 Å². The summed E-state index contributed by atoms with van der Waals surface area (Å²) in [4.78, 5) is 12.7. The van der Waals surface area contributed by atoms with Crippen LogP contribution in [0.3, 0.4) is 0 Å². The molecule has 0 unspecified atom stereocenters. The van der Waals surface area contributed by atoms with Gasteiger partial charge in [-0.3, -0.25) is 4.90 Å². The number of aromatic nitrogens is 3. The van der Waals surface area contributed by atoms with Crippen LogP contribution in [-0.4, -0.2) is 45.6 Å².